The van der Waals surface area contributed by atoms with E-state index in [0.717, 1.165) is 0 Å². The minimum Gasteiger partial charge on any atom is -0.439 e. The summed E-state index contributed by atoms with van der Waals surface area (Å²) in [4.78, 5) is 6.02. The fourth-order valence-corrected chi connectivity index (χ4v) is 2.74. The van der Waals surface area contributed by atoms with Gasteiger partial charge in [-0.15, -0.1) is 0 Å². The Balaban J connectivity index is 1.74. The Hall–Kier alpha value is -1.76. The fourth-order valence-electron chi connectivity index (χ4n) is 2.74. The highest BCUT2D eigenvalue weighted by Gasteiger charge is 2.41. The third-order valence-corrected chi connectivity index (χ3v) is 3.82. The molecule has 1 aliphatic rings. The molecule has 2 N–H and O–H groups in total. The van der Waals surface area contributed by atoms with Crippen LogP contribution in [-0.2, 0) is 6.54 Å². The Bertz CT molecular complexity index is 638. The van der Waals surface area contributed by atoms with Gasteiger partial charge in [0.05, 0.1) is 18.2 Å². The molecule has 1 aromatic carbocycles. The summed E-state index contributed by atoms with van der Waals surface area (Å²) in [5, 5.41) is 0. The first-order valence-corrected chi connectivity index (χ1v) is 6.86. The monoisotopic (exact) mass is 299 g/mol. The van der Waals surface area contributed by atoms with Crippen molar-refractivity contribution in [3.05, 3.63) is 24.1 Å². The second kappa shape index (κ2) is 5.22. The van der Waals surface area contributed by atoms with Gasteiger partial charge in [0.2, 0.25) is 5.89 Å². The van der Waals surface area contributed by atoms with Gasteiger partial charge in [-0.25, -0.2) is 4.98 Å². The van der Waals surface area contributed by atoms with Crippen LogP contribution >= 0.6 is 0 Å². The van der Waals surface area contributed by atoms with Crippen LogP contribution in [0.5, 0.6) is 0 Å². The maximum absolute atomic E-state index is 12.8. The van der Waals surface area contributed by atoms with E-state index in [1.54, 1.807) is 23.1 Å². The lowest BCUT2D eigenvalue weighted by molar-refractivity contribution is -0.187. The standard InChI is InChI=1S/C14H16F3N3O/c15-14(16,17)9-3-2-6-20(7-9)8-12-19-13-10(18)4-1-5-11(13)21-12/h1,4-5,9H,2-3,6-8,18H2. The SMILES string of the molecule is Nc1cccc2oc(CN3CCCC(C(F)(F)F)C3)nc12. The molecule has 1 atom stereocenters. The number of alkyl halides is 3. The van der Waals surface area contributed by atoms with Gasteiger partial charge < -0.3 is 10.2 Å². The van der Waals surface area contributed by atoms with Crippen molar-refractivity contribution in [3.8, 4) is 0 Å². The molecule has 0 radical (unpaired) electrons. The molecule has 0 spiro atoms. The molecule has 114 valence electrons. The summed E-state index contributed by atoms with van der Waals surface area (Å²) in [7, 11) is 0. The van der Waals surface area contributed by atoms with Crippen molar-refractivity contribution in [1.29, 1.82) is 0 Å². The lowest BCUT2D eigenvalue weighted by Gasteiger charge is -2.32. The molecule has 1 aromatic heterocycles. The number of nitrogen functional groups attached to an aromatic ring is 1. The largest absolute Gasteiger partial charge is 0.439 e. The third-order valence-electron chi connectivity index (χ3n) is 3.82. The van der Waals surface area contributed by atoms with Crippen LogP contribution in [0, 0.1) is 5.92 Å². The Morgan fingerprint density at radius 2 is 2.19 bits per heavy atom. The highest BCUT2D eigenvalue weighted by atomic mass is 19.4. The summed E-state index contributed by atoms with van der Waals surface area (Å²) in [6.45, 7) is 0.902. The van der Waals surface area contributed by atoms with Crippen molar-refractivity contribution in [2.24, 2.45) is 5.92 Å². The molecule has 1 fully saturated rings. The van der Waals surface area contributed by atoms with E-state index in [1.807, 2.05) is 0 Å². The molecule has 0 bridgehead atoms. The maximum Gasteiger partial charge on any atom is 0.393 e. The number of hydrogen-bond acceptors (Lipinski definition) is 4. The van der Waals surface area contributed by atoms with Crippen LogP contribution in [0.25, 0.3) is 11.1 Å². The van der Waals surface area contributed by atoms with Gasteiger partial charge in [0.15, 0.2) is 5.58 Å². The van der Waals surface area contributed by atoms with Crippen molar-refractivity contribution >= 4 is 16.8 Å². The first-order valence-electron chi connectivity index (χ1n) is 6.86. The van der Waals surface area contributed by atoms with Crippen LogP contribution in [-0.4, -0.2) is 29.1 Å². The predicted molar refractivity (Wildman–Crippen MR) is 72.5 cm³/mol. The predicted octanol–water partition coefficient (Wildman–Crippen LogP) is 3.18. The first-order chi connectivity index (χ1) is 9.93. The van der Waals surface area contributed by atoms with E-state index in [2.05, 4.69) is 4.98 Å². The lowest BCUT2D eigenvalue weighted by Crippen LogP contribution is -2.41. The zero-order valence-electron chi connectivity index (χ0n) is 11.4. The summed E-state index contributed by atoms with van der Waals surface area (Å²) >= 11 is 0. The van der Waals surface area contributed by atoms with E-state index < -0.39 is 12.1 Å². The van der Waals surface area contributed by atoms with Crippen LogP contribution in [0.4, 0.5) is 18.9 Å². The summed E-state index contributed by atoms with van der Waals surface area (Å²) in [5.74, 6) is -0.855. The highest BCUT2D eigenvalue weighted by Crippen LogP contribution is 2.33. The zero-order chi connectivity index (χ0) is 15.0. The number of fused-ring (bicyclic) bond motifs is 1. The Labute approximate surface area is 119 Å². The van der Waals surface area contributed by atoms with E-state index in [9.17, 15) is 13.2 Å². The van der Waals surface area contributed by atoms with Gasteiger partial charge in [-0.3, -0.25) is 4.90 Å². The lowest BCUT2D eigenvalue weighted by atomic mass is 9.97. The van der Waals surface area contributed by atoms with Crippen molar-refractivity contribution in [2.75, 3.05) is 18.8 Å². The van der Waals surface area contributed by atoms with Crippen LogP contribution in [0.3, 0.4) is 0 Å². The van der Waals surface area contributed by atoms with Crippen molar-refractivity contribution in [1.82, 2.24) is 9.88 Å². The molecule has 1 unspecified atom stereocenters. The first kappa shape index (κ1) is 14.2. The van der Waals surface area contributed by atoms with Crippen LogP contribution in [0.1, 0.15) is 18.7 Å². The van der Waals surface area contributed by atoms with E-state index in [4.69, 9.17) is 10.2 Å². The number of oxazole rings is 1. The van der Waals surface area contributed by atoms with Crippen molar-refractivity contribution in [3.63, 3.8) is 0 Å². The topological polar surface area (TPSA) is 55.3 Å². The van der Waals surface area contributed by atoms with Crippen LogP contribution in [0.15, 0.2) is 22.6 Å². The average Bonchev–Trinajstić information content (AvgIpc) is 2.82. The molecule has 1 aliphatic heterocycles. The number of rotatable bonds is 2. The van der Waals surface area contributed by atoms with Crippen LogP contribution in [0.2, 0.25) is 0 Å². The fraction of sp³-hybridized carbons (Fsp3) is 0.500. The second-order valence-corrected chi connectivity index (χ2v) is 5.42. The minimum atomic E-state index is -4.13. The highest BCUT2D eigenvalue weighted by molar-refractivity contribution is 5.85. The molecule has 2 heterocycles. The Kier molecular flexibility index (Phi) is 3.52. The van der Waals surface area contributed by atoms with E-state index in [1.165, 1.54) is 0 Å². The number of halogens is 3. The maximum atomic E-state index is 12.8. The van der Waals surface area contributed by atoms with Gasteiger partial charge in [0.1, 0.15) is 5.52 Å². The molecule has 1 saturated heterocycles. The third kappa shape index (κ3) is 2.97. The number of aromatic nitrogens is 1. The summed E-state index contributed by atoms with van der Waals surface area (Å²) < 4.78 is 43.9. The summed E-state index contributed by atoms with van der Waals surface area (Å²) in [6.07, 6.45) is -3.41. The number of para-hydroxylation sites is 1. The number of benzene rings is 1. The number of likely N-dealkylation sites (tertiary alicyclic amines) is 1. The average molecular weight is 299 g/mol. The van der Waals surface area contributed by atoms with Gasteiger partial charge in [0, 0.05) is 6.54 Å². The smallest absolute Gasteiger partial charge is 0.393 e. The van der Waals surface area contributed by atoms with E-state index >= 15 is 0 Å². The number of nitrogens with zero attached hydrogens (tertiary/aromatic N) is 2. The van der Waals surface area contributed by atoms with E-state index in [-0.39, 0.29) is 19.5 Å². The quantitative estimate of drug-likeness (QED) is 0.865. The van der Waals surface area contributed by atoms with Crippen molar-refractivity contribution in [2.45, 2.75) is 25.6 Å². The van der Waals surface area contributed by atoms with E-state index in [0.29, 0.717) is 35.6 Å². The van der Waals surface area contributed by atoms with Gasteiger partial charge >= 0.3 is 6.18 Å². The molecular weight excluding hydrogens is 283 g/mol. The number of hydrogen-bond donors (Lipinski definition) is 1. The molecule has 0 saturated carbocycles. The van der Waals surface area contributed by atoms with Gasteiger partial charge in [-0.1, -0.05) is 6.07 Å². The molecule has 2 aromatic rings. The minimum absolute atomic E-state index is 0.00227. The zero-order valence-corrected chi connectivity index (χ0v) is 11.4. The van der Waals surface area contributed by atoms with Gasteiger partial charge in [0.25, 0.3) is 0 Å². The number of anilines is 1. The second-order valence-electron chi connectivity index (χ2n) is 5.42. The molecule has 0 aliphatic carbocycles. The van der Waals surface area contributed by atoms with Crippen LogP contribution < -0.4 is 5.73 Å². The Morgan fingerprint density at radius 3 is 2.90 bits per heavy atom. The number of piperidine rings is 1. The Morgan fingerprint density at radius 1 is 1.38 bits per heavy atom. The normalized spacial score (nSPS) is 21.0. The number of nitrogens with two attached hydrogens (primary N) is 1. The molecule has 21 heavy (non-hydrogen) atoms. The molecule has 3 rings (SSSR count). The van der Waals surface area contributed by atoms with Gasteiger partial charge in [-0.2, -0.15) is 13.2 Å². The molecule has 0 amide bonds. The molecule has 7 heteroatoms. The van der Waals surface area contributed by atoms with Gasteiger partial charge in [-0.05, 0) is 31.5 Å². The summed E-state index contributed by atoms with van der Waals surface area (Å²) in [5.41, 5.74) is 7.44. The summed E-state index contributed by atoms with van der Waals surface area (Å²) in [6, 6.07) is 5.22. The van der Waals surface area contributed by atoms with Crippen molar-refractivity contribution < 1.29 is 17.6 Å². The molecule has 4 nitrogen and oxygen atoms in total. The molecular formula is C14H16F3N3O.